The van der Waals surface area contributed by atoms with Gasteiger partial charge < -0.3 is 15.4 Å². The molecule has 6 nitrogen and oxygen atoms in total. The number of nitrogens with zero attached hydrogens (tertiary/aromatic N) is 2. The number of rotatable bonds is 12. The first kappa shape index (κ1) is 21.4. The van der Waals surface area contributed by atoms with Crippen LogP contribution in [0.4, 0.5) is 5.82 Å². The molecule has 1 amide bonds. The molecule has 0 saturated heterocycles. The molecule has 0 bridgehead atoms. The molecule has 7 heteroatoms. The zero-order valence-corrected chi connectivity index (χ0v) is 17.3. The number of methoxy groups -OCH3 is 1. The second kappa shape index (κ2) is 11.8. The van der Waals surface area contributed by atoms with Gasteiger partial charge in [-0.1, -0.05) is 44.2 Å². The van der Waals surface area contributed by atoms with Crippen LogP contribution in [0.15, 0.2) is 29.4 Å². The number of thioether (sulfide) groups is 1. The molecule has 0 saturated carbocycles. The minimum Gasteiger partial charge on any atom is -0.385 e. The maximum atomic E-state index is 12.5. The molecule has 0 aliphatic carbocycles. The van der Waals surface area contributed by atoms with Crippen molar-refractivity contribution in [2.45, 2.75) is 49.9 Å². The predicted molar refractivity (Wildman–Crippen MR) is 112 cm³/mol. The van der Waals surface area contributed by atoms with Gasteiger partial charge in [-0.3, -0.25) is 4.79 Å². The lowest BCUT2D eigenvalue weighted by Gasteiger charge is -2.15. The Hall–Kier alpha value is -1.86. The fraction of sp³-hybridized carbons (Fsp3) is 0.550. The van der Waals surface area contributed by atoms with Gasteiger partial charge in [-0.05, 0) is 31.4 Å². The van der Waals surface area contributed by atoms with Crippen LogP contribution in [0, 0.1) is 0 Å². The number of anilines is 1. The molecular formula is C20H30N4O2S. The summed E-state index contributed by atoms with van der Waals surface area (Å²) in [5.41, 5.74) is 0.893. The van der Waals surface area contributed by atoms with Gasteiger partial charge in [0.2, 0.25) is 5.91 Å². The fourth-order valence-corrected chi connectivity index (χ4v) is 3.52. The largest absolute Gasteiger partial charge is 0.385 e. The van der Waals surface area contributed by atoms with E-state index in [0.717, 1.165) is 48.9 Å². The summed E-state index contributed by atoms with van der Waals surface area (Å²) in [5, 5.41) is 7.82. The number of para-hydroxylation sites is 1. The second-order valence-corrected chi connectivity index (χ2v) is 7.47. The molecule has 0 aliphatic rings. The number of hydrogen-bond donors (Lipinski definition) is 2. The van der Waals surface area contributed by atoms with Crippen molar-refractivity contribution in [1.82, 2.24) is 15.3 Å². The van der Waals surface area contributed by atoms with Gasteiger partial charge in [0.25, 0.3) is 0 Å². The summed E-state index contributed by atoms with van der Waals surface area (Å²) in [6.45, 7) is 6.31. The highest BCUT2D eigenvalue weighted by molar-refractivity contribution is 8.00. The number of hydrogen-bond acceptors (Lipinski definition) is 6. The van der Waals surface area contributed by atoms with Crippen LogP contribution in [0.3, 0.4) is 0 Å². The Morgan fingerprint density at radius 2 is 2.00 bits per heavy atom. The molecule has 1 aromatic heterocycles. The number of unbranched alkanes of at least 4 members (excludes halogenated alkanes) is 1. The lowest BCUT2D eigenvalue weighted by atomic mass is 10.2. The number of carbonyl (C=O) groups is 1. The summed E-state index contributed by atoms with van der Waals surface area (Å²) < 4.78 is 5.02. The number of aromatic nitrogens is 2. The van der Waals surface area contributed by atoms with Crippen molar-refractivity contribution >= 4 is 34.4 Å². The summed E-state index contributed by atoms with van der Waals surface area (Å²) in [6, 6.07) is 7.97. The Morgan fingerprint density at radius 3 is 2.74 bits per heavy atom. The first-order valence-corrected chi connectivity index (χ1v) is 10.5. The van der Waals surface area contributed by atoms with E-state index in [1.165, 1.54) is 11.8 Å². The predicted octanol–water partition coefficient (Wildman–Crippen LogP) is 3.87. The molecule has 0 radical (unpaired) electrons. The van der Waals surface area contributed by atoms with Gasteiger partial charge in [0, 0.05) is 32.2 Å². The van der Waals surface area contributed by atoms with E-state index in [1.54, 1.807) is 7.11 Å². The molecule has 2 N–H and O–H groups in total. The molecule has 1 aromatic carbocycles. The van der Waals surface area contributed by atoms with Crippen molar-refractivity contribution in [1.29, 1.82) is 0 Å². The highest BCUT2D eigenvalue weighted by Crippen LogP contribution is 2.28. The number of nitrogens with one attached hydrogen (secondary N) is 2. The van der Waals surface area contributed by atoms with Gasteiger partial charge in [0.15, 0.2) is 5.16 Å². The molecule has 148 valence electrons. The van der Waals surface area contributed by atoms with E-state index in [9.17, 15) is 4.79 Å². The monoisotopic (exact) mass is 390 g/mol. The number of carbonyl (C=O) groups excluding carboxylic acids is 1. The number of ether oxygens (including phenoxy) is 1. The van der Waals surface area contributed by atoms with Crippen molar-refractivity contribution in [2.75, 3.05) is 32.1 Å². The highest BCUT2D eigenvalue weighted by atomic mass is 32.2. The fourth-order valence-electron chi connectivity index (χ4n) is 2.62. The van der Waals surface area contributed by atoms with Crippen LogP contribution in [-0.2, 0) is 9.53 Å². The summed E-state index contributed by atoms with van der Waals surface area (Å²) >= 11 is 1.42. The van der Waals surface area contributed by atoms with Crippen molar-refractivity contribution in [3.8, 4) is 0 Å². The zero-order valence-electron chi connectivity index (χ0n) is 16.5. The van der Waals surface area contributed by atoms with E-state index in [2.05, 4.69) is 22.5 Å². The quantitative estimate of drug-likeness (QED) is 0.326. The summed E-state index contributed by atoms with van der Waals surface area (Å²) in [7, 11) is 1.66. The Morgan fingerprint density at radius 1 is 1.19 bits per heavy atom. The van der Waals surface area contributed by atoms with Gasteiger partial charge in [0.1, 0.15) is 5.82 Å². The molecular weight excluding hydrogens is 360 g/mol. The maximum absolute atomic E-state index is 12.5. The van der Waals surface area contributed by atoms with E-state index in [-0.39, 0.29) is 11.2 Å². The first-order valence-electron chi connectivity index (χ1n) is 9.63. The van der Waals surface area contributed by atoms with Gasteiger partial charge >= 0.3 is 0 Å². The van der Waals surface area contributed by atoms with Crippen LogP contribution in [0.5, 0.6) is 0 Å². The molecule has 0 aliphatic heterocycles. The lowest BCUT2D eigenvalue weighted by Crippen LogP contribution is -2.33. The molecule has 2 aromatic rings. The minimum absolute atomic E-state index is 0.0239. The average molecular weight is 391 g/mol. The van der Waals surface area contributed by atoms with Crippen LogP contribution in [0.25, 0.3) is 10.9 Å². The SMILES string of the molecule is CCCCNc1nc(S[C@@H](CC)C(=O)NCCCOC)nc2ccccc12. The third-order valence-corrected chi connectivity index (χ3v) is 5.37. The Labute approximate surface area is 165 Å². The normalized spacial score (nSPS) is 12.1. The smallest absolute Gasteiger partial charge is 0.233 e. The topological polar surface area (TPSA) is 76.1 Å². The van der Waals surface area contributed by atoms with Gasteiger partial charge in [-0.2, -0.15) is 0 Å². The van der Waals surface area contributed by atoms with Crippen LogP contribution in [0.1, 0.15) is 39.5 Å². The second-order valence-electron chi connectivity index (χ2n) is 6.30. The highest BCUT2D eigenvalue weighted by Gasteiger charge is 2.20. The summed E-state index contributed by atoms with van der Waals surface area (Å²) in [5.74, 6) is 0.864. The maximum Gasteiger partial charge on any atom is 0.233 e. The first-order chi connectivity index (χ1) is 13.2. The van der Waals surface area contributed by atoms with Crippen LogP contribution >= 0.6 is 11.8 Å². The molecule has 1 heterocycles. The summed E-state index contributed by atoms with van der Waals surface area (Å²) in [4.78, 5) is 21.8. The van der Waals surface area contributed by atoms with Crippen LogP contribution < -0.4 is 10.6 Å². The van der Waals surface area contributed by atoms with Crippen molar-refractivity contribution in [2.24, 2.45) is 0 Å². The van der Waals surface area contributed by atoms with E-state index in [0.29, 0.717) is 18.3 Å². The van der Waals surface area contributed by atoms with Gasteiger partial charge in [-0.15, -0.1) is 0 Å². The molecule has 0 spiro atoms. The minimum atomic E-state index is -0.211. The summed E-state index contributed by atoms with van der Waals surface area (Å²) in [6.07, 6.45) is 3.73. The van der Waals surface area contributed by atoms with Crippen LogP contribution in [-0.4, -0.2) is 47.9 Å². The Bertz CT molecular complexity index is 726. The number of benzene rings is 1. The van der Waals surface area contributed by atoms with Gasteiger partial charge in [-0.25, -0.2) is 9.97 Å². The van der Waals surface area contributed by atoms with Crippen molar-refractivity contribution < 1.29 is 9.53 Å². The standard InChI is InChI=1S/C20H30N4O2S/c1-4-6-12-21-18-15-10-7-8-11-16(15)23-20(24-18)27-17(5-2)19(25)22-13-9-14-26-3/h7-8,10-11,17H,4-6,9,12-14H2,1-3H3,(H,22,25)(H,21,23,24)/t17-/m0/s1. The van der Waals surface area contributed by atoms with Gasteiger partial charge in [0.05, 0.1) is 10.8 Å². The number of fused-ring (bicyclic) bond motifs is 1. The van der Waals surface area contributed by atoms with E-state index in [1.807, 2.05) is 31.2 Å². The van der Waals surface area contributed by atoms with E-state index in [4.69, 9.17) is 9.72 Å². The average Bonchev–Trinajstić information content (AvgIpc) is 2.69. The van der Waals surface area contributed by atoms with E-state index >= 15 is 0 Å². The molecule has 0 fully saturated rings. The molecule has 1 atom stereocenters. The zero-order chi connectivity index (χ0) is 19.5. The molecule has 0 unspecified atom stereocenters. The van der Waals surface area contributed by atoms with Crippen molar-refractivity contribution in [3.05, 3.63) is 24.3 Å². The molecule has 2 rings (SSSR count). The number of amides is 1. The third-order valence-electron chi connectivity index (χ3n) is 4.14. The Balaban J connectivity index is 2.12. The van der Waals surface area contributed by atoms with Crippen molar-refractivity contribution in [3.63, 3.8) is 0 Å². The molecule has 27 heavy (non-hydrogen) atoms. The van der Waals surface area contributed by atoms with E-state index < -0.39 is 0 Å². The lowest BCUT2D eigenvalue weighted by molar-refractivity contribution is -0.120. The third kappa shape index (κ3) is 6.66. The van der Waals surface area contributed by atoms with Crippen LogP contribution in [0.2, 0.25) is 0 Å². The Kier molecular flexibility index (Phi) is 9.35.